The number of hydrogen-bond donors (Lipinski definition) is 0. The molecule has 8 heteroatoms. The summed E-state index contributed by atoms with van der Waals surface area (Å²) in [6, 6.07) is 9.60. The van der Waals surface area contributed by atoms with Crippen LogP contribution in [0.15, 0.2) is 53.8 Å². The van der Waals surface area contributed by atoms with E-state index in [-0.39, 0.29) is 17.5 Å². The first-order valence-electron chi connectivity index (χ1n) is 9.58. The van der Waals surface area contributed by atoms with E-state index in [9.17, 15) is 9.59 Å². The van der Waals surface area contributed by atoms with Crippen LogP contribution in [0.5, 0.6) is 0 Å². The van der Waals surface area contributed by atoms with E-state index in [0.29, 0.717) is 26.1 Å². The van der Waals surface area contributed by atoms with Crippen LogP contribution < -0.4 is 5.69 Å². The van der Waals surface area contributed by atoms with Crippen molar-refractivity contribution in [2.24, 2.45) is 7.05 Å². The number of imidazole rings is 1. The number of amides is 1. The highest BCUT2D eigenvalue weighted by atomic mass is 16.2. The predicted octanol–water partition coefficient (Wildman–Crippen LogP) is 1.56. The monoisotopic (exact) mass is 380 g/mol. The first kappa shape index (κ1) is 18.2. The topological polar surface area (TPSA) is 78.0 Å². The molecule has 0 aliphatic carbocycles. The van der Waals surface area contributed by atoms with E-state index in [1.54, 1.807) is 24.1 Å². The minimum Gasteiger partial charge on any atom is -0.343 e. The van der Waals surface area contributed by atoms with Crippen molar-refractivity contribution < 1.29 is 4.79 Å². The van der Waals surface area contributed by atoms with Crippen molar-refractivity contribution in [2.45, 2.75) is 31.7 Å². The van der Waals surface area contributed by atoms with Gasteiger partial charge in [-0.3, -0.25) is 4.79 Å². The number of para-hydroxylation sites is 1. The highest BCUT2D eigenvalue weighted by Gasteiger charge is 2.28. The van der Waals surface area contributed by atoms with Crippen molar-refractivity contribution in [1.82, 2.24) is 28.8 Å². The van der Waals surface area contributed by atoms with Gasteiger partial charge in [-0.05, 0) is 25.0 Å². The molecular weight excluding hydrogens is 356 g/mol. The van der Waals surface area contributed by atoms with Crippen molar-refractivity contribution in [3.05, 3.63) is 65.4 Å². The Morgan fingerprint density at radius 1 is 1.18 bits per heavy atom. The third kappa shape index (κ3) is 3.62. The molecule has 1 aliphatic heterocycles. The average molecular weight is 380 g/mol. The fraction of sp³-hybridized carbons (Fsp3) is 0.400. The van der Waals surface area contributed by atoms with Crippen LogP contribution in [0, 0.1) is 0 Å². The first-order chi connectivity index (χ1) is 13.6. The van der Waals surface area contributed by atoms with E-state index in [4.69, 9.17) is 0 Å². The molecule has 1 saturated heterocycles. The zero-order valence-electron chi connectivity index (χ0n) is 15.9. The number of likely N-dealkylation sites (tertiary alicyclic amines) is 1. The van der Waals surface area contributed by atoms with E-state index in [0.717, 1.165) is 24.4 Å². The Kier molecular flexibility index (Phi) is 5.10. The number of aryl methyl sites for hydroxylation is 2. The van der Waals surface area contributed by atoms with Crippen LogP contribution in [0.4, 0.5) is 0 Å². The minimum absolute atomic E-state index is 0.139. The lowest BCUT2D eigenvalue weighted by atomic mass is 9.95. The Bertz CT molecular complexity index is 982. The second kappa shape index (κ2) is 7.84. The molecule has 1 fully saturated rings. The second-order valence-corrected chi connectivity index (χ2v) is 7.14. The smallest absolute Gasteiger partial charge is 0.343 e. The first-order valence-corrected chi connectivity index (χ1v) is 9.58. The van der Waals surface area contributed by atoms with Crippen molar-refractivity contribution >= 4 is 5.91 Å². The molecule has 1 aliphatic rings. The fourth-order valence-electron chi connectivity index (χ4n) is 3.76. The molecule has 0 atom stereocenters. The number of benzene rings is 1. The molecule has 3 aromatic rings. The zero-order chi connectivity index (χ0) is 19.5. The number of aromatic nitrogens is 5. The number of carbonyl (C=O) groups is 1. The van der Waals surface area contributed by atoms with Gasteiger partial charge in [0, 0.05) is 51.4 Å². The van der Waals surface area contributed by atoms with Gasteiger partial charge in [-0.1, -0.05) is 18.2 Å². The highest BCUT2D eigenvalue weighted by Crippen LogP contribution is 2.27. The van der Waals surface area contributed by atoms with Gasteiger partial charge in [-0.25, -0.2) is 19.0 Å². The molecule has 0 spiro atoms. The molecule has 0 bridgehead atoms. The van der Waals surface area contributed by atoms with E-state index in [1.807, 2.05) is 46.0 Å². The predicted molar refractivity (Wildman–Crippen MR) is 104 cm³/mol. The number of nitrogens with zero attached hydrogens (tertiary/aromatic N) is 6. The maximum atomic E-state index is 12.6. The van der Waals surface area contributed by atoms with Crippen molar-refractivity contribution in [3.8, 4) is 5.69 Å². The molecule has 3 heterocycles. The number of hydrogen-bond acceptors (Lipinski definition) is 4. The molecule has 2 aromatic heterocycles. The molecule has 0 saturated carbocycles. The Morgan fingerprint density at radius 2 is 1.93 bits per heavy atom. The second-order valence-electron chi connectivity index (χ2n) is 7.14. The van der Waals surface area contributed by atoms with Crippen LogP contribution in [0.3, 0.4) is 0 Å². The van der Waals surface area contributed by atoms with Gasteiger partial charge in [-0.15, -0.1) is 0 Å². The maximum absolute atomic E-state index is 12.6. The maximum Gasteiger partial charge on any atom is 0.350 e. The van der Waals surface area contributed by atoms with Gasteiger partial charge in [0.2, 0.25) is 5.91 Å². The number of carbonyl (C=O) groups excluding carboxylic acids is 1. The lowest BCUT2D eigenvalue weighted by molar-refractivity contribution is -0.132. The molecule has 0 unspecified atom stereocenters. The largest absolute Gasteiger partial charge is 0.350 e. The molecule has 28 heavy (non-hydrogen) atoms. The number of rotatable bonds is 5. The van der Waals surface area contributed by atoms with Crippen LogP contribution >= 0.6 is 0 Å². The van der Waals surface area contributed by atoms with Crippen LogP contribution in [-0.2, 0) is 18.4 Å². The van der Waals surface area contributed by atoms with E-state index in [2.05, 4.69) is 10.1 Å². The van der Waals surface area contributed by atoms with Gasteiger partial charge in [0.25, 0.3) is 0 Å². The summed E-state index contributed by atoms with van der Waals surface area (Å²) in [5.74, 6) is 1.10. The Hall–Kier alpha value is -3.16. The van der Waals surface area contributed by atoms with Gasteiger partial charge in [0.05, 0.1) is 12.0 Å². The lowest BCUT2D eigenvalue weighted by Crippen LogP contribution is -2.38. The third-order valence-corrected chi connectivity index (χ3v) is 5.32. The van der Waals surface area contributed by atoms with Gasteiger partial charge in [0.1, 0.15) is 5.82 Å². The Labute approximate surface area is 163 Å². The molecule has 1 amide bonds. The van der Waals surface area contributed by atoms with Gasteiger partial charge >= 0.3 is 5.69 Å². The van der Waals surface area contributed by atoms with Crippen LogP contribution in [0.2, 0.25) is 0 Å². The minimum atomic E-state index is -0.139. The van der Waals surface area contributed by atoms with Crippen LogP contribution in [0.1, 0.15) is 31.0 Å². The molecule has 4 rings (SSSR count). The van der Waals surface area contributed by atoms with Crippen molar-refractivity contribution in [1.29, 1.82) is 0 Å². The fourth-order valence-corrected chi connectivity index (χ4v) is 3.76. The average Bonchev–Trinajstić information content (AvgIpc) is 3.35. The summed E-state index contributed by atoms with van der Waals surface area (Å²) in [7, 11) is 1.68. The third-order valence-electron chi connectivity index (χ3n) is 5.32. The quantitative estimate of drug-likeness (QED) is 0.673. The number of piperidine rings is 1. The van der Waals surface area contributed by atoms with E-state index >= 15 is 0 Å². The van der Waals surface area contributed by atoms with Gasteiger partial charge < -0.3 is 9.47 Å². The molecule has 0 radical (unpaired) electrons. The molecule has 8 nitrogen and oxygen atoms in total. The van der Waals surface area contributed by atoms with Crippen LogP contribution in [-0.4, -0.2) is 47.8 Å². The standard InChI is InChI=1S/C20H24N6O2/c1-23-20(28)26(17-5-3-2-4-6-17)19(22-23)16-7-12-25(13-8-16)18(27)9-11-24-14-10-21-15-24/h2-6,10,14-16H,7-9,11-13H2,1H3. The van der Waals surface area contributed by atoms with E-state index in [1.165, 1.54) is 4.68 Å². The lowest BCUT2D eigenvalue weighted by Gasteiger charge is -2.31. The Balaban J connectivity index is 1.44. The van der Waals surface area contributed by atoms with Crippen molar-refractivity contribution in [2.75, 3.05) is 13.1 Å². The SMILES string of the molecule is Cn1nc(C2CCN(C(=O)CCn3ccnc3)CC2)n(-c2ccccc2)c1=O. The summed E-state index contributed by atoms with van der Waals surface area (Å²) in [5, 5.41) is 4.50. The zero-order valence-corrected chi connectivity index (χ0v) is 15.9. The molecule has 146 valence electrons. The summed E-state index contributed by atoms with van der Waals surface area (Å²) in [6.45, 7) is 2.02. The van der Waals surface area contributed by atoms with E-state index < -0.39 is 0 Å². The van der Waals surface area contributed by atoms with Crippen molar-refractivity contribution in [3.63, 3.8) is 0 Å². The summed E-state index contributed by atoms with van der Waals surface area (Å²) in [5.41, 5.74) is 0.689. The van der Waals surface area contributed by atoms with Crippen LogP contribution in [0.25, 0.3) is 5.69 Å². The summed E-state index contributed by atoms with van der Waals surface area (Å²) in [4.78, 5) is 31.0. The molecule has 0 N–H and O–H groups in total. The Morgan fingerprint density at radius 3 is 2.61 bits per heavy atom. The normalized spacial score (nSPS) is 15.1. The molecule has 1 aromatic carbocycles. The summed E-state index contributed by atoms with van der Waals surface area (Å²) < 4.78 is 5.00. The highest BCUT2D eigenvalue weighted by molar-refractivity contribution is 5.76. The summed E-state index contributed by atoms with van der Waals surface area (Å²) >= 11 is 0. The van der Waals surface area contributed by atoms with Gasteiger partial charge in [-0.2, -0.15) is 5.10 Å². The van der Waals surface area contributed by atoms with Gasteiger partial charge in [0.15, 0.2) is 0 Å². The summed E-state index contributed by atoms with van der Waals surface area (Å²) in [6.07, 6.45) is 7.39. The molecular formula is C20H24N6O2.